The van der Waals surface area contributed by atoms with Gasteiger partial charge < -0.3 is 0 Å². The molecule has 0 fully saturated rings. The second-order valence-electron chi connectivity index (χ2n) is 4.51. The van der Waals surface area contributed by atoms with Crippen LogP contribution in [0.15, 0.2) is 53.1 Å². The monoisotopic (exact) mass is 380 g/mol. The second kappa shape index (κ2) is 6.10. The van der Waals surface area contributed by atoms with Crippen LogP contribution in [0.1, 0.15) is 0 Å². The van der Waals surface area contributed by atoms with Crippen molar-refractivity contribution >= 4 is 27.5 Å². The van der Waals surface area contributed by atoms with Gasteiger partial charge in [-0.2, -0.15) is 0 Å². The number of hydrogen-bond donors (Lipinski definition) is 0. The van der Waals surface area contributed by atoms with E-state index in [1.54, 1.807) is 0 Å². The van der Waals surface area contributed by atoms with Gasteiger partial charge in [0.1, 0.15) is 16.8 Å². The van der Waals surface area contributed by atoms with Crippen LogP contribution >= 0.6 is 27.5 Å². The quantitative estimate of drug-likeness (QED) is 0.547. The Labute approximate surface area is 138 Å². The van der Waals surface area contributed by atoms with Crippen LogP contribution in [0.25, 0.3) is 22.5 Å². The lowest BCUT2D eigenvalue weighted by Crippen LogP contribution is -1.97. The van der Waals surface area contributed by atoms with Crippen LogP contribution < -0.4 is 0 Å². The van der Waals surface area contributed by atoms with Crippen LogP contribution in [0, 0.1) is 11.6 Å². The maximum Gasteiger partial charge on any atom is 0.166 e. The first-order chi connectivity index (χ1) is 10.6. The summed E-state index contributed by atoms with van der Waals surface area (Å²) in [6.45, 7) is 0. The Bertz CT molecular complexity index is 835. The van der Waals surface area contributed by atoms with Gasteiger partial charge in [-0.3, -0.25) is 0 Å². The minimum Gasteiger partial charge on any atom is -0.236 e. The molecule has 0 saturated heterocycles. The fraction of sp³-hybridized carbons (Fsp3) is 0. The van der Waals surface area contributed by atoms with Gasteiger partial charge in [-0.1, -0.05) is 45.7 Å². The van der Waals surface area contributed by atoms with Gasteiger partial charge in [0, 0.05) is 16.2 Å². The summed E-state index contributed by atoms with van der Waals surface area (Å²) in [6.07, 6.45) is 1.46. The molecule has 1 heterocycles. The molecule has 3 aromatic rings. The minimum absolute atomic E-state index is 0.0839. The first-order valence-electron chi connectivity index (χ1n) is 6.29. The van der Waals surface area contributed by atoms with E-state index >= 15 is 0 Å². The average Bonchev–Trinajstić information content (AvgIpc) is 2.47. The fourth-order valence-corrected chi connectivity index (χ4v) is 2.68. The second-order valence-corrected chi connectivity index (χ2v) is 5.78. The SMILES string of the molecule is Fc1cccc(F)c1-c1ncc(-c2cccc(Br)c2)c(Cl)n1. The van der Waals surface area contributed by atoms with Gasteiger partial charge >= 0.3 is 0 Å². The molecule has 0 aliphatic carbocycles. The van der Waals surface area contributed by atoms with Crippen molar-refractivity contribution in [1.82, 2.24) is 9.97 Å². The molecule has 6 heteroatoms. The first-order valence-corrected chi connectivity index (χ1v) is 7.46. The highest BCUT2D eigenvalue weighted by molar-refractivity contribution is 9.10. The normalized spacial score (nSPS) is 10.7. The summed E-state index contributed by atoms with van der Waals surface area (Å²) >= 11 is 9.53. The predicted molar refractivity (Wildman–Crippen MR) is 85.5 cm³/mol. The van der Waals surface area contributed by atoms with Crippen molar-refractivity contribution in [1.29, 1.82) is 0 Å². The van der Waals surface area contributed by atoms with Crippen molar-refractivity contribution in [3.05, 3.63) is 69.9 Å². The molecular formula is C16H8BrClF2N2. The highest BCUT2D eigenvalue weighted by Gasteiger charge is 2.16. The summed E-state index contributed by atoms with van der Waals surface area (Å²) in [7, 11) is 0. The Morgan fingerprint density at radius 3 is 2.32 bits per heavy atom. The van der Waals surface area contributed by atoms with E-state index in [-0.39, 0.29) is 16.5 Å². The highest BCUT2D eigenvalue weighted by atomic mass is 79.9. The summed E-state index contributed by atoms with van der Waals surface area (Å²) in [5.74, 6) is -1.54. The van der Waals surface area contributed by atoms with Crippen LogP contribution in [0.5, 0.6) is 0 Å². The molecule has 0 radical (unpaired) electrons. The molecule has 2 nitrogen and oxygen atoms in total. The van der Waals surface area contributed by atoms with Gasteiger partial charge in [-0.15, -0.1) is 0 Å². The van der Waals surface area contributed by atoms with Crippen molar-refractivity contribution in [2.75, 3.05) is 0 Å². The third-order valence-electron chi connectivity index (χ3n) is 3.06. The molecule has 0 bridgehead atoms. The topological polar surface area (TPSA) is 25.8 Å². The molecule has 3 rings (SSSR count). The Morgan fingerprint density at radius 2 is 1.68 bits per heavy atom. The van der Waals surface area contributed by atoms with E-state index in [1.807, 2.05) is 24.3 Å². The van der Waals surface area contributed by atoms with Gasteiger partial charge in [0.2, 0.25) is 0 Å². The van der Waals surface area contributed by atoms with Crippen molar-refractivity contribution in [3.8, 4) is 22.5 Å². The molecule has 0 amide bonds. The molecule has 0 atom stereocenters. The summed E-state index contributed by atoms with van der Waals surface area (Å²) in [5, 5.41) is 0.130. The van der Waals surface area contributed by atoms with Crippen LogP contribution in [0.4, 0.5) is 8.78 Å². The zero-order valence-electron chi connectivity index (χ0n) is 11.0. The number of halogens is 4. The van der Waals surface area contributed by atoms with Gasteiger partial charge in [0.15, 0.2) is 5.82 Å². The molecular weight excluding hydrogens is 374 g/mol. The summed E-state index contributed by atoms with van der Waals surface area (Å²) < 4.78 is 28.4. The van der Waals surface area contributed by atoms with Crippen LogP contribution in [0.2, 0.25) is 5.15 Å². The summed E-state index contributed by atoms with van der Waals surface area (Å²) in [6, 6.07) is 11.0. The predicted octanol–water partition coefficient (Wildman–Crippen LogP) is 5.50. The molecule has 110 valence electrons. The Hall–Kier alpha value is -1.85. The van der Waals surface area contributed by atoms with Gasteiger partial charge in [-0.25, -0.2) is 18.7 Å². The molecule has 1 aromatic heterocycles. The van der Waals surface area contributed by atoms with Crippen molar-refractivity contribution in [3.63, 3.8) is 0 Å². The number of nitrogens with zero attached hydrogens (tertiary/aromatic N) is 2. The molecule has 0 spiro atoms. The number of aromatic nitrogens is 2. The largest absolute Gasteiger partial charge is 0.236 e. The molecule has 22 heavy (non-hydrogen) atoms. The zero-order valence-corrected chi connectivity index (χ0v) is 13.4. The van der Waals surface area contributed by atoms with Crippen molar-refractivity contribution in [2.45, 2.75) is 0 Å². The zero-order chi connectivity index (χ0) is 15.7. The van der Waals surface area contributed by atoms with E-state index < -0.39 is 11.6 Å². The highest BCUT2D eigenvalue weighted by Crippen LogP contribution is 2.30. The lowest BCUT2D eigenvalue weighted by Gasteiger charge is -2.07. The molecule has 0 unspecified atom stereocenters. The average molecular weight is 382 g/mol. The number of benzene rings is 2. The van der Waals surface area contributed by atoms with E-state index in [4.69, 9.17) is 11.6 Å². The van der Waals surface area contributed by atoms with Gasteiger partial charge in [0.25, 0.3) is 0 Å². The first kappa shape index (κ1) is 15.1. The smallest absolute Gasteiger partial charge is 0.166 e. The summed E-state index contributed by atoms with van der Waals surface area (Å²) in [5.41, 5.74) is 1.11. The Balaban J connectivity index is 2.10. The molecule has 0 aliphatic heterocycles. The molecule has 0 saturated carbocycles. The fourth-order valence-electron chi connectivity index (χ4n) is 2.04. The Morgan fingerprint density at radius 1 is 1.00 bits per heavy atom. The van der Waals surface area contributed by atoms with E-state index in [0.29, 0.717) is 5.56 Å². The van der Waals surface area contributed by atoms with Gasteiger partial charge in [0.05, 0.1) is 5.56 Å². The van der Waals surface area contributed by atoms with E-state index in [2.05, 4.69) is 25.9 Å². The van der Waals surface area contributed by atoms with Gasteiger partial charge in [-0.05, 0) is 29.8 Å². The Kier molecular flexibility index (Phi) is 4.18. The molecule has 0 N–H and O–H groups in total. The number of rotatable bonds is 2. The van der Waals surface area contributed by atoms with Crippen LogP contribution in [-0.4, -0.2) is 9.97 Å². The molecule has 0 aliphatic rings. The van der Waals surface area contributed by atoms with Crippen LogP contribution in [-0.2, 0) is 0 Å². The lowest BCUT2D eigenvalue weighted by atomic mass is 10.1. The lowest BCUT2D eigenvalue weighted by molar-refractivity contribution is 0.587. The van der Waals surface area contributed by atoms with Crippen molar-refractivity contribution < 1.29 is 8.78 Å². The third-order valence-corrected chi connectivity index (χ3v) is 3.85. The van der Waals surface area contributed by atoms with E-state index in [1.165, 1.54) is 12.3 Å². The standard InChI is InChI=1S/C16H8BrClF2N2/c17-10-4-1-3-9(7-10)11-8-21-16(22-15(11)18)14-12(19)5-2-6-13(14)20/h1-8H. The summed E-state index contributed by atoms with van der Waals surface area (Å²) in [4.78, 5) is 8.08. The van der Waals surface area contributed by atoms with E-state index in [0.717, 1.165) is 22.2 Å². The third kappa shape index (κ3) is 2.87. The van der Waals surface area contributed by atoms with E-state index in [9.17, 15) is 8.78 Å². The van der Waals surface area contributed by atoms with Crippen molar-refractivity contribution in [2.24, 2.45) is 0 Å². The maximum absolute atomic E-state index is 13.8. The molecule has 2 aromatic carbocycles. The number of hydrogen-bond acceptors (Lipinski definition) is 2. The maximum atomic E-state index is 13.8. The minimum atomic E-state index is -0.730. The van der Waals surface area contributed by atoms with Crippen LogP contribution in [0.3, 0.4) is 0 Å².